The van der Waals surface area contributed by atoms with E-state index in [1.807, 2.05) is 0 Å². The molecule has 0 saturated carbocycles. The standard InChI is InChI=1S/C14H29NS/c1-4-12(5-2)10-14(15-3)11-13-6-8-16-9-7-13/h12-15H,4-11H2,1-3H3. The van der Waals surface area contributed by atoms with Crippen LogP contribution in [0.5, 0.6) is 0 Å². The van der Waals surface area contributed by atoms with Gasteiger partial charge in [0.25, 0.3) is 0 Å². The second kappa shape index (κ2) is 8.41. The lowest BCUT2D eigenvalue weighted by molar-refractivity contribution is 0.313. The molecule has 1 rings (SSSR count). The van der Waals surface area contributed by atoms with Gasteiger partial charge in [0.05, 0.1) is 0 Å². The van der Waals surface area contributed by atoms with Crippen LogP contribution in [-0.4, -0.2) is 24.6 Å². The van der Waals surface area contributed by atoms with Crippen molar-refractivity contribution in [2.75, 3.05) is 18.6 Å². The Morgan fingerprint density at radius 1 is 1.19 bits per heavy atom. The first-order valence-corrected chi connectivity index (χ1v) is 8.20. The number of hydrogen-bond acceptors (Lipinski definition) is 2. The second-order valence-corrected chi connectivity index (χ2v) is 6.42. The van der Waals surface area contributed by atoms with Gasteiger partial charge in [-0.25, -0.2) is 0 Å². The fourth-order valence-electron chi connectivity index (χ4n) is 2.74. The van der Waals surface area contributed by atoms with Crippen LogP contribution in [-0.2, 0) is 0 Å². The fourth-order valence-corrected chi connectivity index (χ4v) is 3.94. The van der Waals surface area contributed by atoms with Gasteiger partial charge in [0, 0.05) is 6.04 Å². The molecule has 1 nitrogen and oxygen atoms in total. The van der Waals surface area contributed by atoms with Crippen LogP contribution in [0.2, 0.25) is 0 Å². The number of hydrogen-bond donors (Lipinski definition) is 1. The van der Waals surface area contributed by atoms with Gasteiger partial charge in [-0.2, -0.15) is 11.8 Å². The molecule has 0 spiro atoms. The van der Waals surface area contributed by atoms with Crippen molar-refractivity contribution in [2.45, 2.75) is 58.4 Å². The van der Waals surface area contributed by atoms with Gasteiger partial charge in [-0.3, -0.25) is 0 Å². The molecular formula is C14H29NS. The molecule has 0 aromatic heterocycles. The lowest BCUT2D eigenvalue weighted by atomic mass is 9.87. The number of thioether (sulfide) groups is 1. The van der Waals surface area contributed by atoms with Crippen molar-refractivity contribution in [1.29, 1.82) is 0 Å². The minimum atomic E-state index is 0.762. The topological polar surface area (TPSA) is 12.0 Å². The summed E-state index contributed by atoms with van der Waals surface area (Å²) >= 11 is 2.14. The van der Waals surface area contributed by atoms with Crippen molar-refractivity contribution < 1.29 is 0 Å². The monoisotopic (exact) mass is 243 g/mol. The Kier molecular flexibility index (Phi) is 7.55. The Balaban J connectivity index is 2.29. The van der Waals surface area contributed by atoms with Crippen LogP contribution in [0, 0.1) is 11.8 Å². The van der Waals surface area contributed by atoms with Gasteiger partial charge in [0.15, 0.2) is 0 Å². The third-order valence-corrected chi connectivity index (χ3v) is 5.19. The van der Waals surface area contributed by atoms with Gasteiger partial charge in [-0.05, 0) is 56.1 Å². The summed E-state index contributed by atoms with van der Waals surface area (Å²) in [6, 6.07) is 0.762. The van der Waals surface area contributed by atoms with E-state index < -0.39 is 0 Å². The summed E-state index contributed by atoms with van der Waals surface area (Å²) in [4.78, 5) is 0. The van der Waals surface area contributed by atoms with Crippen molar-refractivity contribution in [2.24, 2.45) is 11.8 Å². The van der Waals surface area contributed by atoms with E-state index in [0.29, 0.717) is 0 Å². The summed E-state index contributed by atoms with van der Waals surface area (Å²) in [6.07, 6.45) is 8.38. The Labute approximate surface area is 106 Å². The molecule has 1 saturated heterocycles. The van der Waals surface area contributed by atoms with Gasteiger partial charge in [0.1, 0.15) is 0 Å². The molecule has 2 heteroatoms. The zero-order valence-electron chi connectivity index (χ0n) is 11.3. The average Bonchev–Trinajstić information content (AvgIpc) is 2.35. The van der Waals surface area contributed by atoms with Crippen molar-refractivity contribution in [3.05, 3.63) is 0 Å². The van der Waals surface area contributed by atoms with Crippen LogP contribution < -0.4 is 5.32 Å². The van der Waals surface area contributed by atoms with Gasteiger partial charge in [-0.15, -0.1) is 0 Å². The molecule has 16 heavy (non-hydrogen) atoms. The average molecular weight is 243 g/mol. The highest BCUT2D eigenvalue weighted by Gasteiger charge is 2.19. The van der Waals surface area contributed by atoms with E-state index >= 15 is 0 Å². The predicted molar refractivity (Wildman–Crippen MR) is 76.2 cm³/mol. The molecule has 1 aliphatic heterocycles. The van der Waals surface area contributed by atoms with Gasteiger partial charge in [-0.1, -0.05) is 26.7 Å². The maximum absolute atomic E-state index is 3.54. The normalized spacial score (nSPS) is 20.2. The summed E-state index contributed by atoms with van der Waals surface area (Å²) in [6.45, 7) is 4.66. The summed E-state index contributed by atoms with van der Waals surface area (Å²) in [5, 5.41) is 3.54. The molecule has 1 aliphatic rings. The van der Waals surface area contributed by atoms with E-state index in [9.17, 15) is 0 Å². The van der Waals surface area contributed by atoms with Gasteiger partial charge >= 0.3 is 0 Å². The van der Waals surface area contributed by atoms with Crippen molar-refractivity contribution in [3.63, 3.8) is 0 Å². The van der Waals surface area contributed by atoms with Crippen LogP contribution >= 0.6 is 11.8 Å². The Hall–Kier alpha value is 0.310. The minimum absolute atomic E-state index is 0.762. The zero-order chi connectivity index (χ0) is 11.8. The summed E-state index contributed by atoms with van der Waals surface area (Å²) in [5.41, 5.74) is 0. The maximum Gasteiger partial charge on any atom is 0.00693 e. The van der Waals surface area contributed by atoms with E-state index in [1.54, 1.807) is 0 Å². The zero-order valence-corrected chi connectivity index (χ0v) is 12.1. The quantitative estimate of drug-likeness (QED) is 0.727. The summed E-state index contributed by atoms with van der Waals surface area (Å²) < 4.78 is 0. The van der Waals surface area contributed by atoms with Crippen molar-refractivity contribution in [3.8, 4) is 0 Å². The van der Waals surface area contributed by atoms with E-state index in [-0.39, 0.29) is 0 Å². The molecule has 1 N–H and O–H groups in total. The molecular weight excluding hydrogens is 214 g/mol. The lowest BCUT2D eigenvalue weighted by Gasteiger charge is -2.28. The van der Waals surface area contributed by atoms with Crippen LogP contribution in [0.3, 0.4) is 0 Å². The number of rotatable bonds is 7. The summed E-state index contributed by atoms with van der Waals surface area (Å²) in [5.74, 6) is 4.71. The minimum Gasteiger partial charge on any atom is -0.317 e. The van der Waals surface area contributed by atoms with Crippen LogP contribution in [0.4, 0.5) is 0 Å². The highest BCUT2D eigenvalue weighted by molar-refractivity contribution is 7.99. The first kappa shape index (κ1) is 14.4. The Morgan fingerprint density at radius 2 is 1.81 bits per heavy atom. The molecule has 1 atom stereocenters. The molecule has 1 heterocycles. The molecule has 0 aliphatic carbocycles. The van der Waals surface area contributed by atoms with Gasteiger partial charge < -0.3 is 5.32 Å². The molecule has 0 bridgehead atoms. The maximum atomic E-state index is 3.54. The SMILES string of the molecule is CCC(CC)CC(CC1CCSCC1)NC. The van der Waals surface area contributed by atoms with Crippen LogP contribution in [0.15, 0.2) is 0 Å². The van der Waals surface area contributed by atoms with E-state index in [2.05, 4.69) is 38.0 Å². The molecule has 1 unspecified atom stereocenters. The van der Waals surface area contributed by atoms with Gasteiger partial charge in [0.2, 0.25) is 0 Å². The molecule has 0 amide bonds. The number of nitrogens with one attached hydrogen (secondary N) is 1. The molecule has 96 valence electrons. The first-order chi connectivity index (χ1) is 7.80. The highest BCUT2D eigenvalue weighted by Crippen LogP contribution is 2.28. The van der Waals surface area contributed by atoms with Crippen LogP contribution in [0.1, 0.15) is 52.4 Å². The first-order valence-electron chi connectivity index (χ1n) is 7.05. The predicted octanol–water partition coefficient (Wildman–Crippen LogP) is 3.93. The van der Waals surface area contributed by atoms with Crippen LogP contribution in [0.25, 0.3) is 0 Å². The van der Waals surface area contributed by atoms with E-state index in [4.69, 9.17) is 0 Å². The third-order valence-electron chi connectivity index (χ3n) is 4.14. The molecule has 1 fully saturated rings. The molecule has 0 aromatic carbocycles. The van der Waals surface area contributed by atoms with E-state index in [0.717, 1.165) is 17.9 Å². The second-order valence-electron chi connectivity index (χ2n) is 5.20. The smallest absolute Gasteiger partial charge is 0.00693 e. The molecule has 0 aromatic rings. The molecule has 0 radical (unpaired) electrons. The van der Waals surface area contributed by atoms with Crippen molar-refractivity contribution >= 4 is 11.8 Å². The Bertz CT molecular complexity index is 162. The largest absolute Gasteiger partial charge is 0.317 e. The highest BCUT2D eigenvalue weighted by atomic mass is 32.2. The van der Waals surface area contributed by atoms with Crippen molar-refractivity contribution in [1.82, 2.24) is 5.32 Å². The van der Waals surface area contributed by atoms with E-state index in [1.165, 1.54) is 50.0 Å². The lowest BCUT2D eigenvalue weighted by Crippen LogP contribution is -2.31. The Morgan fingerprint density at radius 3 is 2.31 bits per heavy atom. The third kappa shape index (κ3) is 5.09. The summed E-state index contributed by atoms with van der Waals surface area (Å²) in [7, 11) is 2.14. The fraction of sp³-hybridized carbons (Fsp3) is 1.00.